The summed E-state index contributed by atoms with van der Waals surface area (Å²) < 4.78 is 0. The Balaban J connectivity index is 1.46. The average Bonchev–Trinajstić information content (AvgIpc) is 2.46. The summed E-state index contributed by atoms with van der Waals surface area (Å²) in [6.07, 6.45) is 6.23. The third-order valence-electron chi connectivity index (χ3n) is 4.87. The zero-order valence-electron chi connectivity index (χ0n) is 12.7. The number of carbonyl (C=O) groups is 1. The van der Waals surface area contributed by atoms with Crippen molar-refractivity contribution < 1.29 is 9.90 Å². The lowest BCUT2D eigenvalue weighted by atomic mass is 9.71. The van der Waals surface area contributed by atoms with E-state index in [0.717, 1.165) is 38.0 Å². The first-order chi connectivity index (χ1) is 10.0. The van der Waals surface area contributed by atoms with Crippen LogP contribution in [0.2, 0.25) is 0 Å². The molecule has 0 unspecified atom stereocenters. The molecule has 1 saturated carbocycles. The zero-order valence-corrected chi connectivity index (χ0v) is 12.7. The summed E-state index contributed by atoms with van der Waals surface area (Å²) in [5.74, 6) is 0.929. The van der Waals surface area contributed by atoms with E-state index in [1.807, 2.05) is 30.2 Å². The molecule has 1 aliphatic carbocycles. The number of rotatable bonds is 3. The third kappa shape index (κ3) is 3.43. The van der Waals surface area contributed by atoms with Crippen molar-refractivity contribution in [2.45, 2.75) is 44.6 Å². The van der Waals surface area contributed by atoms with Gasteiger partial charge in [-0.3, -0.25) is 9.78 Å². The quantitative estimate of drug-likeness (QED) is 0.926. The molecule has 0 aromatic carbocycles. The van der Waals surface area contributed by atoms with E-state index in [1.165, 1.54) is 0 Å². The van der Waals surface area contributed by atoms with Gasteiger partial charge in [0.1, 0.15) is 0 Å². The summed E-state index contributed by atoms with van der Waals surface area (Å²) in [5.41, 5.74) is 0.537. The summed E-state index contributed by atoms with van der Waals surface area (Å²) in [6, 6.07) is 6.05. The molecule has 1 amide bonds. The molecule has 0 radical (unpaired) electrons. The number of likely N-dealkylation sites (tertiary alicyclic amines) is 1. The Labute approximate surface area is 126 Å². The molecular weight excluding hydrogens is 264 g/mol. The van der Waals surface area contributed by atoms with Gasteiger partial charge >= 0.3 is 0 Å². The molecule has 4 nitrogen and oxygen atoms in total. The number of hydrogen-bond acceptors (Lipinski definition) is 3. The number of pyridine rings is 1. The highest BCUT2D eigenvalue weighted by molar-refractivity contribution is 5.80. The van der Waals surface area contributed by atoms with Crippen molar-refractivity contribution in [1.29, 1.82) is 0 Å². The van der Waals surface area contributed by atoms with E-state index in [1.54, 1.807) is 0 Å². The van der Waals surface area contributed by atoms with Gasteiger partial charge < -0.3 is 10.0 Å². The molecule has 1 aliphatic heterocycles. The van der Waals surface area contributed by atoms with E-state index >= 15 is 0 Å². The van der Waals surface area contributed by atoms with Crippen molar-refractivity contribution in [3.8, 4) is 0 Å². The molecule has 0 bridgehead atoms. The first-order valence-corrected chi connectivity index (χ1v) is 7.94. The Morgan fingerprint density at radius 3 is 2.67 bits per heavy atom. The predicted molar refractivity (Wildman–Crippen MR) is 80.6 cm³/mol. The van der Waals surface area contributed by atoms with Gasteiger partial charge in [0, 0.05) is 30.9 Å². The lowest BCUT2D eigenvalue weighted by Crippen LogP contribution is -2.51. The van der Waals surface area contributed by atoms with Crippen molar-refractivity contribution >= 4 is 5.91 Å². The van der Waals surface area contributed by atoms with Crippen LogP contribution in [-0.2, 0) is 11.2 Å². The van der Waals surface area contributed by atoms with Crippen LogP contribution in [0.15, 0.2) is 24.4 Å². The molecule has 3 rings (SSSR count). The molecule has 4 heteroatoms. The number of piperidine rings is 1. The summed E-state index contributed by atoms with van der Waals surface area (Å²) in [4.78, 5) is 18.7. The second kappa shape index (κ2) is 5.76. The highest BCUT2D eigenvalue weighted by Crippen LogP contribution is 2.39. The number of aromatic nitrogens is 1. The van der Waals surface area contributed by atoms with Crippen LogP contribution in [-0.4, -0.2) is 39.6 Å². The highest BCUT2D eigenvalue weighted by Gasteiger charge is 2.44. The van der Waals surface area contributed by atoms with Crippen LogP contribution in [0.25, 0.3) is 0 Å². The Kier molecular flexibility index (Phi) is 3.98. The minimum atomic E-state index is -0.613. The van der Waals surface area contributed by atoms with Crippen LogP contribution in [0.5, 0.6) is 0 Å². The second-order valence-corrected chi connectivity index (χ2v) is 6.90. The van der Waals surface area contributed by atoms with Crippen LogP contribution in [0.1, 0.15) is 38.3 Å². The Morgan fingerprint density at radius 2 is 2.10 bits per heavy atom. The largest absolute Gasteiger partial charge is 0.390 e. The van der Waals surface area contributed by atoms with Crippen molar-refractivity contribution in [3.05, 3.63) is 30.1 Å². The monoisotopic (exact) mass is 288 g/mol. The van der Waals surface area contributed by atoms with E-state index in [0.29, 0.717) is 18.8 Å². The summed E-state index contributed by atoms with van der Waals surface area (Å²) in [7, 11) is 0. The van der Waals surface area contributed by atoms with E-state index in [4.69, 9.17) is 0 Å². The molecule has 21 heavy (non-hydrogen) atoms. The van der Waals surface area contributed by atoms with Crippen molar-refractivity contribution in [2.24, 2.45) is 11.8 Å². The van der Waals surface area contributed by atoms with Crippen molar-refractivity contribution in [2.75, 3.05) is 13.1 Å². The smallest absolute Gasteiger partial charge is 0.225 e. The van der Waals surface area contributed by atoms with Gasteiger partial charge in [-0.05, 0) is 57.1 Å². The van der Waals surface area contributed by atoms with Crippen LogP contribution in [0.3, 0.4) is 0 Å². The van der Waals surface area contributed by atoms with Gasteiger partial charge in [0.05, 0.1) is 5.60 Å². The summed E-state index contributed by atoms with van der Waals surface area (Å²) in [6.45, 7) is 3.53. The molecule has 1 aromatic rings. The van der Waals surface area contributed by atoms with Crippen LogP contribution in [0.4, 0.5) is 0 Å². The summed E-state index contributed by atoms with van der Waals surface area (Å²) in [5, 5.41) is 9.76. The van der Waals surface area contributed by atoms with E-state index in [9.17, 15) is 9.90 Å². The minimum Gasteiger partial charge on any atom is -0.390 e. The third-order valence-corrected chi connectivity index (χ3v) is 4.87. The van der Waals surface area contributed by atoms with Gasteiger partial charge in [0.25, 0.3) is 0 Å². The Hall–Kier alpha value is -1.42. The first-order valence-electron chi connectivity index (χ1n) is 7.94. The van der Waals surface area contributed by atoms with Crippen molar-refractivity contribution in [1.82, 2.24) is 9.88 Å². The maximum absolute atomic E-state index is 12.3. The number of carbonyl (C=O) groups excluding carboxylic acids is 1. The number of hydrogen-bond donors (Lipinski definition) is 1. The normalized spacial score (nSPS) is 30.0. The number of aliphatic hydroxyl groups is 1. The molecule has 0 spiro atoms. The number of nitrogens with zero attached hydrogens (tertiary/aromatic N) is 2. The fourth-order valence-corrected chi connectivity index (χ4v) is 3.61. The molecule has 1 saturated heterocycles. The van der Waals surface area contributed by atoms with E-state index < -0.39 is 5.60 Å². The molecule has 2 aliphatic rings. The Morgan fingerprint density at radius 1 is 1.38 bits per heavy atom. The van der Waals surface area contributed by atoms with Gasteiger partial charge in [0.15, 0.2) is 0 Å². The van der Waals surface area contributed by atoms with Crippen LogP contribution in [0, 0.1) is 11.8 Å². The summed E-state index contributed by atoms with van der Waals surface area (Å²) >= 11 is 0. The fraction of sp³-hybridized carbons (Fsp3) is 0.647. The topological polar surface area (TPSA) is 53.4 Å². The molecule has 1 N–H and O–H groups in total. The maximum atomic E-state index is 12.3. The lowest BCUT2D eigenvalue weighted by molar-refractivity contribution is -0.151. The fourth-order valence-electron chi connectivity index (χ4n) is 3.61. The SMILES string of the molecule is C[C@]1(O)C[C@@H](C(=O)N2CCC(Cc3ccccn3)CC2)C1. The first kappa shape index (κ1) is 14.5. The van der Waals surface area contributed by atoms with Gasteiger partial charge in [-0.25, -0.2) is 0 Å². The van der Waals surface area contributed by atoms with Gasteiger partial charge in [-0.2, -0.15) is 0 Å². The van der Waals surface area contributed by atoms with Crippen LogP contribution >= 0.6 is 0 Å². The average molecular weight is 288 g/mol. The molecule has 114 valence electrons. The molecule has 2 fully saturated rings. The molecule has 2 heterocycles. The molecule has 0 atom stereocenters. The predicted octanol–water partition coefficient (Wildman–Crippen LogP) is 2.02. The standard InChI is InChI=1S/C17H24N2O2/c1-17(21)11-14(12-17)16(20)19-8-5-13(6-9-19)10-15-4-2-3-7-18-15/h2-4,7,13-14,21H,5-6,8-12H2,1H3/t14-,17+. The van der Waals surface area contributed by atoms with Crippen LogP contribution < -0.4 is 0 Å². The van der Waals surface area contributed by atoms with Gasteiger partial charge in [-0.15, -0.1) is 0 Å². The maximum Gasteiger partial charge on any atom is 0.225 e. The number of amides is 1. The Bertz CT molecular complexity index is 485. The zero-order chi connectivity index (χ0) is 14.9. The molecular formula is C17H24N2O2. The van der Waals surface area contributed by atoms with E-state index in [-0.39, 0.29) is 11.8 Å². The molecule has 1 aromatic heterocycles. The van der Waals surface area contributed by atoms with Crippen molar-refractivity contribution in [3.63, 3.8) is 0 Å². The minimum absolute atomic E-state index is 0.0485. The highest BCUT2D eigenvalue weighted by atomic mass is 16.3. The lowest BCUT2D eigenvalue weighted by Gasteiger charge is -2.43. The second-order valence-electron chi connectivity index (χ2n) is 6.90. The van der Waals surface area contributed by atoms with E-state index in [2.05, 4.69) is 11.1 Å². The van der Waals surface area contributed by atoms with Gasteiger partial charge in [0.2, 0.25) is 5.91 Å². The van der Waals surface area contributed by atoms with Gasteiger partial charge in [-0.1, -0.05) is 6.07 Å².